The van der Waals surface area contributed by atoms with Gasteiger partial charge in [0.2, 0.25) is 0 Å². The third-order valence-corrected chi connectivity index (χ3v) is 5.11. The fourth-order valence-corrected chi connectivity index (χ4v) is 3.89. The van der Waals surface area contributed by atoms with Gasteiger partial charge in [0.05, 0.1) is 16.8 Å². The Balaban J connectivity index is 1.75. The Morgan fingerprint density at radius 3 is 2.85 bits per heavy atom. The standard InChI is InChI=1S/C21H15N3O2S/c1-3-11-24-17-10-9-14(2)12-19(17)27-21(24)22-20(25)16-13-18(26-23-16)15-7-5-4-6-8-15/h1,4-10,12-13H,11H2,2H3. The maximum atomic E-state index is 12.6. The second-order valence-corrected chi connectivity index (χ2v) is 7.01. The van der Waals surface area contributed by atoms with Crippen LogP contribution in [0.2, 0.25) is 0 Å². The Morgan fingerprint density at radius 1 is 1.26 bits per heavy atom. The molecule has 0 aliphatic carbocycles. The van der Waals surface area contributed by atoms with Crippen LogP contribution in [0.1, 0.15) is 16.1 Å². The quantitative estimate of drug-likeness (QED) is 0.509. The van der Waals surface area contributed by atoms with Crippen LogP contribution in [0.5, 0.6) is 0 Å². The molecule has 0 saturated heterocycles. The molecule has 1 amide bonds. The van der Waals surface area contributed by atoms with Gasteiger partial charge >= 0.3 is 5.91 Å². The zero-order valence-corrected chi connectivity index (χ0v) is 15.4. The van der Waals surface area contributed by atoms with E-state index < -0.39 is 5.91 Å². The van der Waals surface area contributed by atoms with Gasteiger partial charge in [-0.15, -0.1) is 6.42 Å². The van der Waals surface area contributed by atoms with E-state index in [1.807, 2.05) is 54.0 Å². The van der Waals surface area contributed by atoms with Gasteiger partial charge in [0.15, 0.2) is 16.3 Å². The van der Waals surface area contributed by atoms with Crippen LogP contribution >= 0.6 is 11.3 Å². The molecular formula is C21H15N3O2S. The number of benzene rings is 2. The van der Waals surface area contributed by atoms with E-state index in [9.17, 15) is 4.79 Å². The SMILES string of the molecule is C#CCn1c(=NC(=O)c2cc(-c3ccccc3)on2)sc2cc(C)ccc21. The van der Waals surface area contributed by atoms with Crippen LogP contribution in [0.3, 0.4) is 0 Å². The van der Waals surface area contributed by atoms with Crippen molar-refractivity contribution in [1.82, 2.24) is 9.72 Å². The summed E-state index contributed by atoms with van der Waals surface area (Å²) in [5.74, 6) is 2.68. The van der Waals surface area contributed by atoms with Crippen LogP contribution in [-0.2, 0) is 6.54 Å². The summed E-state index contributed by atoms with van der Waals surface area (Å²) in [5.41, 5.74) is 3.11. The summed E-state index contributed by atoms with van der Waals surface area (Å²) in [7, 11) is 0. The number of thiazole rings is 1. The van der Waals surface area contributed by atoms with E-state index >= 15 is 0 Å². The van der Waals surface area contributed by atoms with Crippen LogP contribution in [0.15, 0.2) is 64.1 Å². The van der Waals surface area contributed by atoms with Crippen LogP contribution in [-0.4, -0.2) is 15.6 Å². The lowest BCUT2D eigenvalue weighted by atomic mass is 10.1. The summed E-state index contributed by atoms with van der Waals surface area (Å²) in [6.45, 7) is 2.36. The van der Waals surface area contributed by atoms with E-state index in [2.05, 4.69) is 22.1 Å². The minimum atomic E-state index is -0.463. The molecule has 0 N–H and O–H groups in total. The molecule has 6 heteroatoms. The van der Waals surface area contributed by atoms with E-state index in [4.69, 9.17) is 10.9 Å². The van der Waals surface area contributed by atoms with Gasteiger partial charge in [-0.2, -0.15) is 4.99 Å². The number of amides is 1. The van der Waals surface area contributed by atoms with Gasteiger partial charge in [-0.25, -0.2) is 0 Å². The lowest BCUT2D eigenvalue weighted by molar-refractivity contribution is 0.0989. The molecule has 132 valence electrons. The normalized spacial score (nSPS) is 11.6. The number of terminal acetylenes is 1. The molecular weight excluding hydrogens is 358 g/mol. The van der Waals surface area contributed by atoms with Gasteiger partial charge < -0.3 is 9.09 Å². The summed E-state index contributed by atoms with van der Waals surface area (Å²) in [6, 6.07) is 17.1. The fraction of sp³-hybridized carbons (Fsp3) is 0.0952. The minimum Gasteiger partial charge on any atom is -0.355 e. The topological polar surface area (TPSA) is 60.4 Å². The molecule has 0 radical (unpaired) electrons. The molecule has 0 bridgehead atoms. The molecule has 2 aromatic carbocycles. The van der Waals surface area contributed by atoms with Crippen molar-refractivity contribution in [1.29, 1.82) is 0 Å². The number of aromatic nitrogens is 2. The lowest BCUT2D eigenvalue weighted by Gasteiger charge is -1.99. The highest BCUT2D eigenvalue weighted by molar-refractivity contribution is 7.16. The van der Waals surface area contributed by atoms with Crippen LogP contribution in [0.25, 0.3) is 21.5 Å². The Kier molecular flexibility index (Phi) is 4.45. The highest BCUT2D eigenvalue weighted by Crippen LogP contribution is 2.21. The monoisotopic (exact) mass is 373 g/mol. The number of hydrogen-bond acceptors (Lipinski definition) is 4. The third kappa shape index (κ3) is 3.33. The second-order valence-electron chi connectivity index (χ2n) is 6.01. The molecule has 2 heterocycles. The number of carbonyl (C=O) groups excluding carboxylic acids is 1. The van der Waals surface area contributed by atoms with Gasteiger partial charge in [-0.05, 0) is 24.6 Å². The second kappa shape index (κ2) is 7.06. The van der Waals surface area contributed by atoms with Crippen LogP contribution in [0, 0.1) is 19.3 Å². The first-order valence-electron chi connectivity index (χ1n) is 8.30. The maximum absolute atomic E-state index is 12.6. The molecule has 0 fully saturated rings. The number of nitrogens with zero attached hydrogens (tertiary/aromatic N) is 3. The minimum absolute atomic E-state index is 0.162. The van der Waals surface area contributed by atoms with Crippen molar-refractivity contribution in [3.05, 3.63) is 70.7 Å². The first-order chi connectivity index (χ1) is 13.2. The van der Waals surface area contributed by atoms with Crippen molar-refractivity contribution in [2.75, 3.05) is 0 Å². The van der Waals surface area contributed by atoms with Gasteiger partial charge in [-0.1, -0.05) is 58.8 Å². The molecule has 0 unspecified atom stereocenters. The van der Waals surface area contributed by atoms with Crippen molar-refractivity contribution in [3.8, 4) is 23.7 Å². The molecule has 0 spiro atoms. The molecule has 2 aromatic heterocycles. The van der Waals surface area contributed by atoms with Crippen molar-refractivity contribution >= 4 is 27.5 Å². The first kappa shape index (κ1) is 17.0. The molecule has 4 rings (SSSR count). The fourth-order valence-electron chi connectivity index (χ4n) is 2.77. The molecule has 0 atom stereocenters. The Morgan fingerprint density at radius 2 is 2.07 bits per heavy atom. The van der Waals surface area contributed by atoms with Gasteiger partial charge in [0.1, 0.15) is 0 Å². The molecule has 0 aliphatic rings. The zero-order chi connectivity index (χ0) is 18.8. The average molecular weight is 373 g/mol. The molecule has 27 heavy (non-hydrogen) atoms. The Bertz CT molecular complexity index is 1240. The average Bonchev–Trinajstić information content (AvgIpc) is 3.28. The molecule has 5 nitrogen and oxygen atoms in total. The maximum Gasteiger partial charge on any atom is 0.301 e. The van der Waals surface area contributed by atoms with E-state index in [1.54, 1.807) is 6.07 Å². The highest BCUT2D eigenvalue weighted by atomic mass is 32.1. The van der Waals surface area contributed by atoms with Crippen molar-refractivity contribution < 1.29 is 9.32 Å². The van der Waals surface area contributed by atoms with E-state index in [1.165, 1.54) is 11.3 Å². The number of rotatable bonds is 3. The molecule has 4 aromatic rings. The highest BCUT2D eigenvalue weighted by Gasteiger charge is 2.14. The number of aryl methyl sites for hydroxylation is 1. The largest absolute Gasteiger partial charge is 0.355 e. The van der Waals surface area contributed by atoms with Gasteiger partial charge in [0.25, 0.3) is 0 Å². The van der Waals surface area contributed by atoms with Crippen molar-refractivity contribution in [2.24, 2.45) is 4.99 Å². The number of carbonyl (C=O) groups is 1. The number of hydrogen-bond donors (Lipinski definition) is 0. The van der Waals surface area contributed by atoms with Gasteiger partial charge in [0, 0.05) is 11.6 Å². The van der Waals surface area contributed by atoms with Crippen molar-refractivity contribution in [2.45, 2.75) is 13.5 Å². The number of fused-ring (bicyclic) bond motifs is 1. The zero-order valence-electron chi connectivity index (χ0n) is 14.5. The first-order valence-corrected chi connectivity index (χ1v) is 9.12. The van der Waals surface area contributed by atoms with Crippen molar-refractivity contribution in [3.63, 3.8) is 0 Å². The third-order valence-electron chi connectivity index (χ3n) is 4.07. The van der Waals surface area contributed by atoms with E-state index in [0.717, 1.165) is 21.3 Å². The lowest BCUT2D eigenvalue weighted by Crippen LogP contribution is -2.16. The summed E-state index contributed by atoms with van der Waals surface area (Å²) in [6.07, 6.45) is 5.50. The predicted molar refractivity (Wildman–Crippen MR) is 105 cm³/mol. The molecule has 0 aliphatic heterocycles. The summed E-state index contributed by atoms with van der Waals surface area (Å²) < 4.78 is 8.18. The van der Waals surface area contributed by atoms with Crippen LogP contribution in [0.4, 0.5) is 0 Å². The Labute approximate surface area is 159 Å². The van der Waals surface area contributed by atoms with Gasteiger partial charge in [-0.3, -0.25) is 4.79 Å². The van der Waals surface area contributed by atoms with E-state index in [0.29, 0.717) is 17.1 Å². The summed E-state index contributed by atoms with van der Waals surface area (Å²) in [5, 5.41) is 3.87. The van der Waals surface area contributed by atoms with E-state index in [-0.39, 0.29) is 5.69 Å². The Hall–Kier alpha value is -3.43. The summed E-state index contributed by atoms with van der Waals surface area (Å²) in [4.78, 5) is 17.4. The smallest absolute Gasteiger partial charge is 0.301 e. The van der Waals surface area contributed by atoms with Crippen LogP contribution < -0.4 is 4.80 Å². The predicted octanol–water partition coefficient (Wildman–Crippen LogP) is 4.04. The molecule has 0 saturated carbocycles. The summed E-state index contributed by atoms with van der Waals surface area (Å²) >= 11 is 1.43.